The predicted molar refractivity (Wildman–Crippen MR) is 112 cm³/mol. The zero-order valence-electron chi connectivity index (χ0n) is 15.1. The largest absolute Gasteiger partial charge is 0.325 e. The van der Waals surface area contributed by atoms with Crippen molar-refractivity contribution < 1.29 is 4.79 Å². The van der Waals surface area contributed by atoms with Crippen molar-refractivity contribution in [2.24, 2.45) is 5.92 Å². The fourth-order valence-corrected chi connectivity index (χ4v) is 3.64. The first-order chi connectivity index (χ1) is 12.9. The van der Waals surface area contributed by atoms with Crippen molar-refractivity contribution in [2.45, 2.75) is 25.5 Å². The van der Waals surface area contributed by atoms with Crippen LogP contribution in [0.25, 0.3) is 10.9 Å². The number of aromatic nitrogens is 2. The van der Waals surface area contributed by atoms with E-state index in [0.717, 1.165) is 5.69 Å². The van der Waals surface area contributed by atoms with Crippen LogP contribution in [0.4, 0.5) is 5.69 Å². The molecule has 3 rings (SSSR count). The van der Waals surface area contributed by atoms with Crippen LogP contribution in [0.2, 0.25) is 5.02 Å². The molecule has 5 nitrogen and oxygen atoms in total. The highest BCUT2D eigenvalue weighted by Gasteiger charge is 2.14. The molecular formula is C20H20ClN3O2S. The number of carbonyl (C=O) groups excluding carboxylic acids is 1. The highest BCUT2D eigenvalue weighted by Crippen LogP contribution is 2.21. The van der Waals surface area contributed by atoms with Crippen LogP contribution in [0.3, 0.4) is 0 Å². The molecule has 0 unspecified atom stereocenters. The maximum atomic E-state index is 12.9. The molecule has 1 amide bonds. The standard InChI is InChI=1S/C20H20ClN3O2S/c1-13(2)11-24-19(26)16-10-14(21)8-9-17(16)23-20(24)27-12-18(25)22-15-6-4-3-5-7-15/h3-10,13H,11-12H2,1-2H3,(H,22,25). The minimum atomic E-state index is -0.146. The molecule has 2 aromatic carbocycles. The fourth-order valence-electron chi connectivity index (χ4n) is 2.66. The molecule has 1 N–H and O–H groups in total. The number of thioether (sulfide) groups is 1. The molecule has 0 aliphatic heterocycles. The summed E-state index contributed by atoms with van der Waals surface area (Å²) >= 11 is 7.29. The van der Waals surface area contributed by atoms with Gasteiger partial charge in [0.25, 0.3) is 5.56 Å². The second-order valence-corrected chi connectivity index (χ2v) is 7.95. The van der Waals surface area contributed by atoms with Gasteiger partial charge in [0.2, 0.25) is 5.91 Å². The SMILES string of the molecule is CC(C)Cn1c(SCC(=O)Nc2ccccc2)nc2ccc(Cl)cc2c1=O. The topological polar surface area (TPSA) is 64.0 Å². The highest BCUT2D eigenvalue weighted by atomic mass is 35.5. The van der Waals surface area contributed by atoms with Crippen molar-refractivity contribution in [3.8, 4) is 0 Å². The number of carbonyl (C=O) groups is 1. The van der Waals surface area contributed by atoms with Crippen LogP contribution in [0, 0.1) is 5.92 Å². The molecule has 7 heteroatoms. The number of anilines is 1. The molecule has 0 spiro atoms. The van der Waals surface area contributed by atoms with Crippen LogP contribution in [0.5, 0.6) is 0 Å². The van der Waals surface area contributed by atoms with Gasteiger partial charge in [-0.15, -0.1) is 0 Å². The minimum Gasteiger partial charge on any atom is -0.325 e. The molecule has 0 radical (unpaired) electrons. The minimum absolute atomic E-state index is 0.137. The van der Waals surface area contributed by atoms with Crippen molar-refractivity contribution in [2.75, 3.05) is 11.1 Å². The van der Waals surface area contributed by atoms with E-state index in [-0.39, 0.29) is 23.1 Å². The van der Waals surface area contributed by atoms with Gasteiger partial charge in [0.1, 0.15) is 0 Å². The Labute approximate surface area is 166 Å². The van der Waals surface area contributed by atoms with Crippen LogP contribution in [-0.2, 0) is 11.3 Å². The van der Waals surface area contributed by atoms with Crippen LogP contribution >= 0.6 is 23.4 Å². The molecule has 0 aliphatic rings. The van der Waals surface area contributed by atoms with Gasteiger partial charge >= 0.3 is 0 Å². The average molecular weight is 402 g/mol. The Morgan fingerprint density at radius 2 is 1.96 bits per heavy atom. The molecule has 0 atom stereocenters. The Morgan fingerprint density at radius 3 is 2.67 bits per heavy atom. The maximum Gasteiger partial charge on any atom is 0.262 e. The Kier molecular flexibility index (Phi) is 6.19. The summed E-state index contributed by atoms with van der Waals surface area (Å²) in [6.45, 7) is 4.59. The smallest absolute Gasteiger partial charge is 0.262 e. The lowest BCUT2D eigenvalue weighted by Crippen LogP contribution is -2.26. The van der Waals surface area contributed by atoms with Crippen molar-refractivity contribution >= 4 is 45.9 Å². The Hall–Kier alpha value is -2.31. The van der Waals surface area contributed by atoms with Crippen LogP contribution in [0.15, 0.2) is 58.5 Å². The number of benzene rings is 2. The van der Waals surface area contributed by atoms with E-state index >= 15 is 0 Å². The van der Waals surface area contributed by atoms with Gasteiger partial charge in [-0.1, -0.05) is 55.4 Å². The molecule has 1 aromatic heterocycles. The Balaban J connectivity index is 1.87. The van der Waals surface area contributed by atoms with Gasteiger partial charge in [-0.25, -0.2) is 4.98 Å². The van der Waals surface area contributed by atoms with E-state index < -0.39 is 0 Å². The second kappa shape index (κ2) is 8.59. The van der Waals surface area contributed by atoms with Crippen LogP contribution < -0.4 is 10.9 Å². The van der Waals surface area contributed by atoms with Crippen LogP contribution in [-0.4, -0.2) is 21.2 Å². The van der Waals surface area contributed by atoms with Crippen molar-refractivity contribution in [1.29, 1.82) is 0 Å². The van der Waals surface area contributed by atoms with Crippen molar-refractivity contribution in [3.63, 3.8) is 0 Å². The number of amides is 1. The Bertz CT molecular complexity index is 1020. The number of fused-ring (bicyclic) bond motifs is 1. The van der Waals surface area contributed by atoms with Gasteiger partial charge < -0.3 is 5.32 Å². The number of hydrogen-bond acceptors (Lipinski definition) is 4. The zero-order valence-corrected chi connectivity index (χ0v) is 16.7. The van der Waals surface area contributed by atoms with E-state index in [1.54, 1.807) is 22.8 Å². The molecule has 3 aromatic rings. The Morgan fingerprint density at radius 1 is 1.22 bits per heavy atom. The van der Waals surface area contributed by atoms with E-state index in [1.165, 1.54) is 11.8 Å². The summed E-state index contributed by atoms with van der Waals surface area (Å²) in [5.74, 6) is 0.282. The molecule has 0 saturated carbocycles. The maximum absolute atomic E-state index is 12.9. The third kappa shape index (κ3) is 4.90. The first-order valence-electron chi connectivity index (χ1n) is 8.62. The third-order valence-electron chi connectivity index (χ3n) is 3.82. The zero-order chi connectivity index (χ0) is 19.4. The molecule has 0 fully saturated rings. The molecule has 0 aliphatic carbocycles. The lowest BCUT2D eigenvalue weighted by Gasteiger charge is -2.15. The average Bonchev–Trinajstić information content (AvgIpc) is 2.64. The van der Waals surface area contributed by atoms with Gasteiger partial charge in [-0.05, 0) is 36.2 Å². The number of rotatable bonds is 6. The number of nitrogens with zero attached hydrogens (tertiary/aromatic N) is 2. The number of hydrogen-bond donors (Lipinski definition) is 1. The van der Waals surface area contributed by atoms with E-state index in [4.69, 9.17) is 11.6 Å². The molecule has 140 valence electrons. The summed E-state index contributed by atoms with van der Waals surface area (Å²) in [5, 5.41) is 4.36. The molecule has 0 saturated heterocycles. The van der Waals surface area contributed by atoms with Crippen molar-refractivity contribution in [3.05, 3.63) is 63.9 Å². The van der Waals surface area contributed by atoms with E-state index in [2.05, 4.69) is 10.3 Å². The fraction of sp³-hybridized carbons (Fsp3) is 0.250. The van der Waals surface area contributed by atoms with Gasteiger partial charge in [0, 0.05) is 17.3 Å². The number of halogens is 1. The molecule has 1 heterocycles. The highest BCUT2D eigenvalue weighted by molar-refractivity contribution is 7.99. The third-order valence-corrected chi connectivity index (χ3v) is 5.03. The summed E-state index contributed by atoms with van der Waals surface area (Å²) < 4.78 is 1.63. The lowest BCUT2D eigenvalue weighted by atomic mass is 10.2. The predicted octanol–water partition coefficient (Wildman–Crippen LogP) is 4.44. The second-order valence-electron chi connectivity index (χ2n) is 6.57. The first-order valence-corrected chi connectivity index (χ1v) is 9.98. The number of nitrogens with one attached hydrogen (secondary N) is 1. The van der Waals surface area contributed by atoms with E-state index in [9.17, 15) is 9.59 Å². The summed E-state index contributed by atoms with van der Waals surface area (Å²) in [6, 6.07) is 14.3. The summed E-state index contributed by atoms with van der Waals surface area (Å²) in [4.78, 5) is 29.8. The molecular weight excluding hydrogens is 382 g/mol. The molecule has 0 bridgehead atoms. The normalized spacial score (nSPS) is 11.1. The van der Waals surface area contributed by atoms with E-state index in [0.29, 0.717) is 27.6 Å². The first kappa shape index (κ1) is 19.5. The molecule has 27 heavy (non-hydrogen) atoms. The van der Waals surface area contributed by atoms with Gasteiger partial charge in [0.15, 0.2) is 5.16 Å². The van der Waals surface area contributed by atoms with Gasteiger partial charge in [0.05, 0.1) is 16.7 Å². The van der Waals surface area contributed by atoms with Crippen molar-refractivity contribution in [1.82, 2.24) is 9.55 Å². The monoisotopic (exact) mass is 401 g/mol. The summed E-state index contributed by atoms with van der Waals surface area (Å²) in [5.41, 5.74) is 1.18. The van der Waals surface area contributed by atoms with Gasteiger partial charge in [-0.3, -0.25) is 14.2 Å². The number of para-hydroxylation sites is 1. The summed E-state index contributed by atoms with van der Waals surface area (Å²) in [7, 11) is 0. The summed E-state index contributed by atoms with van der Waals surface area (Å²) in [6.07, 6.45) is 0. The van der Waals surface area contributed by atoms with E-state index in [1.807, 2.05) is 44.2 Å². The quantitative estimate of drug-likeness (QED) is 0.490. The van der Waals surface area contributed by atoms with Gasteiger partial charge in [-0.2, -0.15) is 0 Å². The lowest BCUT2D eigenvalue weighted by molar-refractivity contribution is -0.113. The van der Waals surface area contributed by atoms with Crippen LogP contribution in [0.1, 0.15) is 13.8 Å².